The molecule has 8 rings (SSSR count). The van der Waals surface area contributed by atoms with Crippen molar-refractivity contribution in [2.45, 2.75) is 148 Å². The SMILES string of the molecule is CC1CC(CN(C(C)C(=O)O)S(C)(=O)=O)OC2C1C1(C)CCC34CC35CCC(OC3CN(C(=O)CC6CC6)CCO3)C(C)(C)C5CCC4C1(N)C2O. The van der Waals surface area contributed by atoms with E-state index < -0.39 is 52.2 Å². The second-order valence-corrected chi connectivity index (χ2v) is 21.5. The lowest BCUT2D eigenvalue weighted by Gasteiger charge is -2.63. The maximum atomic E-state index is 12.9. The van der Waals surface area contributed by atoms with Gasteiger partial charge in [0.25, 0.3) is 0 Å². The summed E-state index contributed by atoms with van der Waals surface area (Å²) in [6.07, 6.45) is 9.30. The van der Waals surface area contributed by atoms with Gasteiger partial charge in [-0.2, -0.15) is 4.31 Å². The van der Waals surface area contributed by atoms with Crippen LogP contribution in [-0.2, 0) is 33.8 Å². The zero-order valence-electron chi connectivity index (χ0n) is 32.1. The molecule has 2 spiro atoms. The van der Waals surface area contributed by atoms with Gasteiger partial charge in [-0.1, -0.05) is 27.7 Å². The van der Waals surface area contributed by atoms with Gasteiger partial charge in [0.15, 0.2) is 6.29 Å². The number of nitrogens with zero attached hydrogens (tertiary/aromatic N) is 2. The van der Waals surface area contributed by atoms with Crippen LogP contribution >= 0.6 is 0 Å². The number of carboxylic acids is 1. The van der Waals surface area contributed by atoms with Gasteiger partial charge < -0.3 is 35.1 Å². The summed E-state index contributed by atoms with van der Waals surface area (Å²) in [5.74, 6) is 0.311. The molecule has 0 aromatic carbocycles. The van der Waals surface area contributed by atoms with Gasteiger partial charge >= 0.3 is 5.97 Å². The summed E-state index contributed by atoms with van der Waals surface area (Å²) < 4.78 is 46.0. The number of aliphatic carboxylic acids is 1. The van der Waals surface area contributed by atoms with Crippen molar-refractivity contribution in [3.05, 3.63) is 0 Å². The van der Waals surface area contributed by atoms with Crippen LogP contribution in [-0.4, -0.2) is 114 Å². The number of hydrogen-bond acceptors (Lipinski definition) is 9. The summed E-state index contributed by atoms with van der Waals surface area (Å²) in [4.78, 5) is 26.7. The van der Waals surface area contributed by atoms with E-state index in [4.69, 9.17) is 19.9 Å². The van der Waals surface area contributed by atoms with E-state index in [1.807, 2.05) is 4.90 Å². The first-order valence-electron chi connectivity index (χ1n) is 20.2. The Morgan fingerprint density at radius 1 is 1.06 bits per heavy atom. The van der Waals surface area contributed by atoms with Crippen LogP contribution in [0.25, 0.3) is 0 Å². The van der Waals surface area contributed by atoms with Crippen molar-refractivity contribution in [2.24, 2.45) is 57.0 Å². The second kappa shape index (κ2) is 12.3. The summed E-state index contributed by atoms with van der Waals surface area (Å²) >= 11 is 0. The summed E-state index contributed by atoms with van der Waals surface area (Å²) in [5, 5.41) is 22.1. The van der Waals surface area contributed by atoms with Crippen molar-refractivity contribution < 1.29 is 42.4 Å². The van der Waals surface area contributed by atoms with Crippen LogP contribution in [0.3, 0.4) is 0 Å². The smallest absolute Gasteiger partial charge is 0.321 e. The topological polar surface area (TPSA) is 169 Å². The van der Waals surface area contributed by atoms with E-state index in [0.29, 0.717) is 44.4 Å². The number of morpholine rings is 1. The number of ether oxygens (including phenoxy) is 3. The fraction of sp³-hybridized carbons (Fsp3) is 0.949. The van der Waals surface area contributed by atoms with Crippen molar-refractivity contribution in [1.29, 1.82) is 0 Å². The van der Waals surface area contributed by atoms with Crippen LogP contribution in [0.4, 0.5) is 0 Å². The Balaban J connectivity index is 0.993. The minimum Gasteiger partial charge on any atom is -0.480 e. The average molecular weight is 750 g/mol. The predicted octanol–water partition coefficient (Wildman–Crippen LogP) is 3.60. The van der Waals surface area contributed by atoms with Gasteiger partial charge in [-0.25, -0.2) is 8.42 Å². The molecule has 8 fully saturated rings. The summed E-state index contributed by atoms with van der Waals surface area (Å²) in [6.45, 7) is 12.2. The van der Waals surface area contributed by atoms with Crippen molar-refractivity contribution >= 4 is 21.9 Å². The van der Waals surface area contributed by atoms with Gasteiger partial charge in [0.2, 0.25) is 15.9 Å². The van der Waals surface area contributed by atoms with E-state index in [1.165, 1.54) is 6.92 Å². The van der Waals surface area contributed by atoms with Crippen molar-refractivity contribution in [3.63, 3.8) is 0 Å². The number of carbonyl (C=O) groups excluding carboxylic acids is 1. The number of nitrogens with two attached hydrogens (primary N) is 1. The average Bonchev–Trinajstić information content (AvgIpc) is 3.99. The molecule has 2 aliphatic heterocycles. The van der Waals surface area contributed by atoms with Gasteiger partial charge in [0, 0.05) is 19.5 Å². The summed E-state index contributed by atoms with van der Waals surface area (Å²) in [7, 11) is -3.81. The number of sulfonamides is 1. The van der Waals surface area contributed by atoms with Crippen LogP contribution in [0.5, 0.6) is 0 Å². The first kappa shape index (κ1) is 37.6. The van der Waals surface area contributed by atoms with Gasteiger partial charge in [0.05, 0.1) is 49.4 Å². The Bertz CT molecular complexity index is 1570. The van der Waals surface area contributed by atoms with Crippen molar-refractivity contribution in [1.82, 2.24) is 9.21 Å². The van der Waals surface area contributed by atoms with Crippen LogP contribution in [0.2, 0.25) is 0 Å². The number of amides is 1. The highest BCUT2D eigenvalue weighted by Crippen LogP contribution is 2.87. The molecule has 52 heavy (non-hydrogen) atoms. The molecule has 2 heterocycles. The molecule has 1 amide bonds. The number of aliphatic hydroxyl groups is 1. The fourth-order valence-electron chi connectivity index (χ4n) is 14.1. The lowest BCUT2D eigenvalue weighted by atomic mass is 9.43. The Morgan fingerprint density at radius 2 is 1.75 bits per heavy atom. The van der Waals surface area contributed by atoms with Crippen LogP contribution in [0, 0.1) is 51.2 Å². The maximum absolute atomic E-state index is 12.9. The van der Waals surface area contributed by atoms with Crippen LogP contribution in [0.1, 0.15) is 105 Å². The Kier molecular flexibility index (Phi) is 8.90. The van der Waals surface area contributed by atoms with E-state index in [2.05, 4.69) is 27.7 Å². The molecule has 294 valence electrons. The van der Waals surface area contributed by atoms with Crippen LogP contribution in [0.15, 0.2) is 0 Å². The van der Waals surface area contributed by atoms with E-state index in [0.717, 1.165) is 68.3 Å². The number of aliphatic hydroxyl groups excluding tert-OH is 1. The highest BCUT2D eigenvalue weighted by molar-refractivity contribution is 7.88. The normalized spacial score (nSPS) is 48.5. The minimum absolute atomic E-state index is 0.0175. The van der Waals surface area contributed by atoms with E-state index >= 15 is 0 Å². The number of carboxylic acid groups (broad SMARTS) is 1. The molecule has 12 nitrogen and oxygen atoms in total. The molecule has 2 saturated heterocycles. The summed E-state index contributed by atoms with van der Waals surface area (Å²) in [6, 6.07) is -1.22. The highest BCUT2D eigenvalue weighted by Gasteiger charge is 2.85. The zero-order chi connectivity index (χ0) is 37.4. The number of hydrogen-bond donors (Lipinski definition) is 3. The minimum atomic E-state index is -3.81. The van der Waals surface area contributed by atoms with Gasteiger partial charge in [-0.3, -0.25) is 9.59 Å². The molecule has 14 atom stereocenters. The van der Waals surface area contributed by atoms with Gasteiger partial charge in [0.1, 0.15) is 6.04 Å². The van der Waals surface area contributed by atoms with Crippen molar-refractivity contribution in [3.8, 4) is 0 Å². The first-order valence-corrected chi connectivity index (χ1v) is 22.0. The van der Waals surface area contributed by atoms with Crippen molar-refractivity contribution in [2.75, 3.05) is 32.5 Å². The Labute approximate surface area is 309 Å². The lowest BCUT2D eigenvalue weighted by Crippen LogP contribution is -2.70. The molecule has 0 radical (unpaired) electrons. The fourth-order valence-corrected chi connectivity index (χ4v) is 15.2. The van der Waals surface area contributed by atoms with E-state index in [1.54, 1.807) is 0 Å². The standard InChI is InChI=1S/C39H63N3O9S/c1-22-17-25(19-42(52(6,47)48)23(2)34(45)46)50-32-31(22)36(5)13-14-38-21-37(38)12-11-28(35(3,4)26(37)9-10-27(38)39(36,40)33(32)44)51-30-20-41(15-16-49-30)29(43)18-24-7-8-24/h22-28,30-33,44H,7-21,40H2,1-6H3,(H,45,46). The molecule has 14 unspecified atom stereocenters. The van der Waals surface area contributed by atoms with Gasteiger partial charge in [-0.15, -0.1) is 0 Å². The predicted molar refractivity (Wildman–Crippen MR) is 192 cm³/mol. The zero-order valence-corrected chi connectivity index (χ0v) is 32.9. The largest absolute Gasteiger partial charge is 0.480 e. The molecule has 8 aliphatic rings. The number of carbonyl (C=O) groups is 2. The Morgan fingerprint density at radius 3 is 2.42 bits per heavy atom. The van der Waals surface area contributed by atoms with Gasteiger partial charge in [-0.05, 0) is 122 Å². The second-order valence-electron chi connectivity index (χ2n) is 19.5. The van der Waals surface area contributed by atoms with E-state index in [9.17, 15) is 28.2 Å². The van der Waals surface area contributed by atoms with Crippen LogP contribution < -0.4 is 5.73 Å². The molecule has 13 heteroatoms. The number of rotatable bonds is 9. The third-order valence-corrected chi connectivity index (χ3v) is 18.1. The molecule has 0 aromatic heterocycles. The quantitative estimate of drug-likeness (QED) is 0.317. The Hall–Kier alpha value is -1.35. The summed E-state index contributed by atoms with van der Waals surface area (Å²) in [5.41, 5.74) is 6.66. The highest BCUT2D eigenvalue weighted by atomic mass is 32.2. The third-order valence-electron chi connectivity index (χ3n) is 16.8. The van der Waals surface area contributed by atoms with E-state index in [-0.39, 0.29) is 58.0 Å². The third kappa shape index (κ3) is 5.35. The molecule has 6 saturated carbocycles. The molecular weight excluding hydrogens is 687 g/mol. The molecule has 0 aromatic rings. The lowest BCUT2D eigenvalue weighted by molar-refractivity contribution is -0.245. The molecule has 0 bridgehead atoms. The number of fused-ring (bicyclic) bond motifs is 4. The molecule has 4 N–H and O–H groups in total. The maximum Gasteiger partial charge on any atom is 0.321 e. The first-order chi connectivity index (χ1) is 24.3. The molecular formula is C39H63N3O9S. The monoisotopic (exact) mass is 749 g/mol. The molecule has 6 aliphatic carbocycles.